The Hall–Kier alpha value is -1.90. The molecule has 1 N–H and O–H groups in total. The Labute approximate surface area is 157 Å². The molecule has 2 aromatic rings. The van der Waals surface area contributed by atoms with Crippen LogP contribution < -0.4 is 4.72 Å². The molecule has 9 heteroatoms. The fourth-order valence-electron chi connectivity index (χ4n) is 2.78. The molecule has 1 saturated heterocycles. The number of aromatic nitrogens is 1. The van der Waals surface area contributed by atoms with E-state index >= 15 is 0 Å². The van der Waals surface area contributed by atoms with E-state index in [0.29, 0.717) is 23.9 Å². The van der Waals surface area contributed by atoms with E-state index in [4.69, 9.17) is 16.0 Å². The highest BCUT2D eigenvalue weighted by Crippen LogP contribution is 2.21. The normalized spacial score (nSPS) is 14.8. The van der Waals surface area contributed by atoms with Crippen molar-refractivity contribution in [3.63, 3.8) is 0 Å². The molecule has 0 unspecified atom stereocenters. The first kappa shape index (κ1) is 18.9. The number of rotatable bonds is 5. The second-order valence-corrected chi connectivity index (χ2v) is 8.42. The number of hydrogen-bond acceptors (Lipinski definition) is 5. The minimum absolute atomic E-state index is 0.0599. The van der Waals surface area contributed by atoms with Crippen molar-refractivity contribution in [3.8, 4) is 0 Å². The van der Waals surface area contributed by atoms with Crippen LogP contribution in [-0.4, -0.2) is 37.3 Å². The summed E-state index contributed by atoms with van der Waals surface area (Å²) in [6.07, 6.45) is 1.96. The highest BCUT2D eigenvalue weighted by atomic mass is 35.5. The van der Waals surface area contributed by atoms with E-state index in [1.807, 2.05) is 0 Å². The lowest BCUT2D eigenvalue weighted by Gasteiger charge is -2.13. The van der Waals surface area contributed by atoms with Gasteiger partial charge in [0.2, 0.25) is 15.9 Å². The molecule has 140 valence electrons. The smallest absolute Gasteiger partial charge is 0.276 e. The zero-order chi connectivity index (χ0) is 18.9. The van der Waals surface area contributed by atoms with Gasteiger partial charge >= 0.3 is 0 Å². The van der Waals surface area contributed by atoms with Gasteiger partial charge in [-0.05, 0) is 44.4 Å². The molecule has 1 fully saturated rings. The third-order valence-corrected chi connectivity index (χ3v) is 6.11. The molecule has 0 aliphatic carbocycles. The summed E-state index contributed by atoms with van der Waals surface area (Å²) in [5.41, 5.74) is 1.03. The fourth-order valence-corrected chi connectivity index (χ4v) is 4.02. The number of nitrogens with zero attached hydrogens (tertiary/aromatic N) is 2. The van der Waals surface area contributed by atoms with Crippen LogP contribution in [0.15, 0.2) is 27.5 Å². The highest BCUT2D eigenvalue weighted by Gasteiger charge is 2.25. The summed E-state index contributed by atoms with van der Waals surface area (Å²) in [5.74, 6) is 0.351. The molecule has 26 heavy (non-hydrogen) atoms. The fraction of sp³-hybridized carbons (Fsp3) is 0.412. The third-order valence-electron chi connectivity index (χ3n) is 4.30. The summed E-state index contributed by atoms with van der Waals surface area (Å²) in [4.78, 5) is 18.4. The second-order valence-electron chi connectivity index (χ2n) is 6.25. The van der Waals surface area contributed by atoms with Crippen LogP contribution in [0.25, 0.3) is 0 Å². The van der Waals surface area contributed by atoms with Gasteiger partial charge in [-0.2, -0.15) is 0 Å². The number of oxazole rings is 1. The molecule has 7 nitrogen and oxygen atoms in total. The first-order chi connectivity index (χ1) is 12.3. The number of hydrogen-bond donors (Lipinski definition) is 1. The van der Waals surface area contributed by atoms with Crippen molar-refractivity contribution in [1.29, 1.82) is 0 Å². The quantitative estimate of drug-likeness (QED) is 0.837. The molecule has 1 aromatic heterocycles. The van der Waals surface area contributed by atoms with Crippen LogP contribution in [0.2, 0.25) is 5.02 Å². The SMILES string of the molecule is Cc1ccc(S(=O)(=O)NCc2nc(C(=O)N3CCCC3)c(C)o2)cc1Cl. The van der Waals surface area contributed by atoms with Crippen molar-refractivity contribution in [2.24, 2.45) is 0 Å². The maximum atomic E-state index is 12.4. The summed E-state index contributed by atoms with van der Waals surface area (Å²) in [6, 6.07) is 4.51. The largest absolute Gasteiger partial charge is 0.444 e. The zero-order valence-electron chi connectivity index (χ0n) is 14.6. The van der Waals surface area contributed by atoms with Gasteiger partial charge in [0.1, 0.15) is 5.76 Å². The predicted octanol–water partition coefficient (Wildman–Crippen LogP) is 2.66. The van der Waals surface area contributed by atoms with Crippen LogP contribution in [-0.2, 0) is 16.6 Å². The van der Waals surface area contributed by atoms with Crippen molar-refractivity contribution in [2.45, 2.75) is 38.1 Å². The number of sulfonamides is 1. The van der Waals surface area contributed by atoms with Gasteiger partial charge < -0.3 is 9.32 Å². The van der Waals surface area contributed by atoms with Crippen LogP contribution in [0.3, 0.4) is 0 Å². The predicted molar refractivity (Wildman–Crippen MR) is 96.6 cm³/mol. The molecule has 1 aliphatic rings. The van der Waals surface area contributed by atoms with Crippen molar-refractivity contribution < 1.29 is 17.6 Å². The summed E-state index contributed by atoms with van der Waals surface area (Å²) < 4.78 is 32.7. The van der Waals surface area contributed by atoms with Gasteiger partial charge in [0.15, 0.2) is 5.69 Å². The molecule has 1 aliphatic heterocycles. The Bertz CT molecular complexity index is 933. The molecular formula is C17H20ClN3O4S. The molecule has 0 bridgehead atoms. The topological polar surface area (TPSA) is 92.5 Å². The summed E-state index contributed by atoms with van der Waals surface area (Å²) in [5, 5.41) is 0.373. The lowest BCUT2D eigenvalue weighted by molar-refractivity contribution is 0.0786. The number of amides is 1. The van der Waals surface area contributed by atoms with Gasteiger partial charge in [-0.3, -0.25) is 4.79 Å². The number of benzene rings is 1. The van der Waals surface area contributed by atoms with Gasteiger partial charge in [-0.15, -0.1) is 0 Å². The molecule has 0 atom stereocenters. The number of halogens is 1. The zero-order valence-corrected chi connectivity index (χ0v) is 16.2. The second kappa shape index (κ2) is 7.38. The first-order valence-corrected chi connectivity index (χ1v) is 10.2. The van der Waals surface area contributed by atoms with Crippen LogP contribution in [0.5, 0.6) is 0 Å². The Morgan fingerprint density at radius 2 is 2.00 bits per heavy atom. The van der Waals surface area contributed by atoms with E-state index in [2.05, 4.69) is 9.71 Å². The lowest BCUT2D eigenvalue weighted by atomic mass is 10.2. The average Bonchev–Trinajstić information content (AvgIpc) is 3.24. The molecule has 0 spiro atoms. The molecular weight excluding hydrogens is 378 g/mol. The Balaban J connectivity index is 1.72. The lowest BCUT2D eigenvalue weighted by Crippen LogP contribution is -2.28. The molecule has 0 radical (unpaired) electrons. The Morgan fingerprint density at radius 1 is 1.31 bits per heavy atom. The summed E-state index contributed by atoms with van der Waals surface area (Å²) in [7, 11) is -3.77. The number of aryl methyl sites for hydroxylation is 2. The molecule has 2 heterocycles. The highest BCUT2D eigenvalue weighted by molar-refractivity contribution is 7.89. The number of likely N-dealkylation sites (tertiary alicyclic amines) is 1. The van der Waals surface area contributed by atoms with Crippen LogP contribution in [0.4, 0.5) is 0 Å². The number of nitrogens with one attached hydrogen (secondary N) is 1. The van der Waals surface area contributed by atoms with Crippen molar-refractivity contribution in [1.82, 2.24) is 14.6 Å². The maximum Gasteiger partial charge on any atom is 0.276 e. The molecule has 1 aromatic carbocycles. The first-order valence-electron chi connectivity index (χ1n) is 8.29. The maximum absolute atomic E-state index is 12.4. The Kier molecular flexibility index (Phi) is 5.36. The van der Waals surface area contributed by atoms with Crippen molar-refractivity contribution in [3.05, 3.63) is 46.1 Å². The van der Waals surface area contributed by atoms with Crippen LogP contribution >= 0.6 is 11.6 Å². The van der Waals surface area contributed by atoms with Gasteiger partial charge in [0, 0.05) is 18.1 Å². The summed E-state index contributed by atoms with van der Waals surface area (Å²) in [6.45, 7) is 4.71. The van der Waals surface area contributed by atoms with E-state index in [1.165, 1.54) is 12.1 Å². The standard InChI is InChI=1S/C17H20ClN3O4S/c1-11-5-6-13(9-14(11)18)26(23,24)19-10-15-20-16(12(2)25-15)17(22)21-7-3-4-8-21/h5-6,9,19H,3-4,7-8,10H2,1-2H3. The Morgan fingerprint density at radius 3 is 2.65 bits per heavy atom. The van der Waals surface area contributed by atoms with E-state index < -0.39 is 10.0 Å². The molecule has 1 amide bonds. The van der Waals surface area contributed by atoms with Gasteiger partial charge in [-0.25, -0.2) is 18.1 Å². The molecule has 0 saturated carbocycles. The summed E-state index contributed by atoms with van der Waals surface area (Å²) >= 11 is 5.99. The van der Waals surface area contributed by atoms with Gasteiger partial charge in [0.05, 0.1) is 11.4 Å². The van der Waals surface area contributed by atoms with Crippen LogP contribution in [0, 0.1) is 13.8 Å². The van der Waals surface area contributed by atoms with Crippen molar-refractivity contribution >= 4 is 27.5 Å². The monoisotopic (exact) mass is 397 g/mol. The van der Waals surface area contributed by atoms with E-state index in [1.54, 1.807) is 24.8 Å². The number of carbonyl (C=O) groups excluding carboxylic acids is 1. The van der Waals surface area contributed by atoms with Crippen LogP contribution in [0.1, 0.15) is 40.5 Å². The minimum Gasteiger partial charge on any atom is -0.444 e. The van der Waals surface area contributed by atoms with E-state index in [9.17, 15) is 13.2 Å². The van der Waals surface area contributed by atoms with Crippen molar-refractivity contribution in [2.75, 3.05) is 13.1 Å². The van der Waals surface area contributed by atoms with Gasteiger partial charge in [0.25, 0.3) is 5.91 Å². The number of carbonyl (C=O) groups is 1. The average molecular weight is 398 g/mol. The minimum atomic E-state index is -3.77. The third kappa shape index (κ3) is 3.92. The molecule has 3 rings (SSSR count). The van der Waals surface area contributed by atoms with Gasteiger partial charge in [-0.1, -0.05) is 17.7 Å². The van der Waals surface area contributed by atoms with E-state index in [-0.39, 0.29) is 28.9 Å². The van der Waals surface area contributed by atoms with E-state index in [0.717, 1.165) is 18.4 Å².